The van der Waals surface area contributed by atoms with E-state index in [0.717, 1.165) is 0 Å². The molecule has 0 aromatic heterocycles. The van der Waals surface area contributed by atoms with Crippen LogP contribution in [0.1, 0.15) is 6.92 Å². The maximum atomic E-state index is 11.5. The van der Waals surface area contributed by atoms with Gasteiger partial charge in [-0.2, -0.15) is 0 Å². The van der Waals surface area contributed by atoms with Gasteiger partial charge in [0.05, 0.1) is 33.6 Å². The van der Waals surface area contributed by atoms with Crippen molar-refractivity contribution in [1.82, 2.24) is 5.32 Å². The van der Waals surface area contributed by atoms with Crippen molar-refractivity contribution in [2.24, 2.45) is 4.99 Å². The number of carbonyl (C=O) groups is 1. The van der Waals surface area contributed by atoms with Crippen LogP contribution in [0.25, 0.3) is 0 Å². The van der Waals surface area contributed by atoms with Crippen molar-refractivity contribution in [3.8, 4) is 0 Å². The monoisotopic (exact) mass is 284 g/mol. The van der Waals surface area contributed by atoms with Crippen molar-refractivity contribution >= 4 is 40.5 Å². The Bertz CT molecular complexity index is 579. The first-order valence-corrected chi connectivity index (χ1v) is 5.96. The van der Waals surface area contributed by atoms with E-state index in [2.05, 4.69) is 10.3 Å². The Morgan fingerprint density at radius 3 is 2.78 bits per heavy atom. The molecule has 0 aliphatic carbocycles. The maximum absolute atomic E-state index is 11.5. The van der Waals surface area contributed by atoms with Crippen molar-refractivity contribution in [3.05, 3.63) is 39.6 Å². The average molecular weight is 285 g/mol. The summed E-state index contributed by atoms with van der Waals surface area (Å²) in [5.74, 6) is -0.355. The number of hydrogen-bond acceptors (Lipinski definition) is 3. The Morgan fingerprint density at radius 2 is 2.17 bits per heavy atom. The molecule has 0 fully saturated rings. The SMILES string of the molecule is CC(=Nc1cccc(Cl)c1Cl)C1=C(O)CNC1=O. The van der Waals surface area contributed by atoms with Gasteiger partial charge in [0.25, 0.3) is 5.91 Å². The molecule has 0 radical (unpaired) electrons. The lowest BCUT2D eigenvalue weighted by molar-refractivity contribution is -0.116. The van der Waals surface area contributed by atoms with Crippen LogP contribution in [0.2, 0.25) is 10.0 Å². The minimum Gasteiger partial charge on any atom is -0.510 e. The molecule has 4 nitrogen and oxygen atoms in total. The zero-order valence-electron chi connectivity index (χ0n) is 9.50. The van der Waals surface area contributed by atoms with Crippen molar-refractivity contribution in [1.29, 1.82) is 0 Å². The average Bonchev–Trinajstić information content (AvgIpc) is 2.65. The van der Waals surface area contributed by atoms with Gasteiger partial charge < -0.3 is 10.4 Å². The molecule has 1 aromatic carbocycles. The van der Waals surface area contributed by atoms with Crippen LogP contribution in [-0.2, 0) is 4.79 Å². The lowest BCUT2D eigenvalue weighted by Gasteiger charge is -2.03. The number of amides is 1. The second-order valence-electron chi connectivity index (χ2n) is 3.77. The molecule has 1 aliphatic heterocycles. The number of rotatable bonds is 2. The first-order chi connectivity index (χ1) is 8.50. The molecule has 0 bridgehead atoms. The predicted octanol–water partition coefficient (Wildman–Crippen LogP) is 3.03. The van der Waals surface area contributed by atoms with Crippen LogP contribution in [0.4, 0.5) is 5.69 Å². The van der Waals surface area contributed by atoms with Gasteiger partial charge in [-0.15, -0.1) is 0 Å². The first-order valence-electron chi connectivity index (χ1n) is 5.20. The molecular formula is C12H10Cl2N2O2. The number of halogens is 2. The molecule has 18 heavy (non-hydrogen) atoms. The van der Waals surface area contributed by atoms with Crippen molar-refractivity contribution < 1.29 is 9.90 Å². The molecule has 2 rings (SSSR count). The summed E-state index contributed by atoms with van der Waals surface area (Å²) in [4.78, 5) is 15.7. The van der Waals surface area contributed by atoms with E-state index >= 15 is 0 Å². The summed E-state index contributed by atoms with van der Waals surface area (Å²) in [6, 6.07) is 5.04. The van der Waals surface area contributed by atoms with Crippen molar-refractivity contribution in [3.63, 3.8) is 0 Å². The van der Waals surface area contributed by atoms with Gasteiger partial charge in [0.2, 0.25) is 0 Å². The van der Waals surface area contributed by atoms with E-state index in [0.29, 0.717) is 21.4 Å². The second-order valence-corrected chi connectivity index (χ2v) is 4.56. The third-order valence-corrected chi connectivity index (χ3v) is 3.32. The third-order valence-electron chi connectivity index (χ3n) is 2.51. The number of benzene rings is 1. The van der Waals surface area contributed by atoms with E-state index in [4.69, 9.17) is 23.2 Å². The topological polar surface area (TPSA) is 61.7 Å². The molecule has 0 unspecified atom stereocenters. The molecule has 0 atom stereocenters. The van der Waals surface area contributed by atoms with Gasteiger partial charge in [0, 0.05) is 0 Å². The standard InChI is InChI=1S/C12H10Cl2N2O2/c1-6(10-9(17)5-15-12(10)18)16-8-4-2-3-7(13)11(8)14/h2-4,17H,5H2,1H3,(H,15,18). The van der Waals surface area contributed by atoms with Gasteiger partial charge in [0.15, 0.2) is 0 Å². The van der Waals surface area contributed by atoms with E-state index in [1.165, 1.54) is 0 Å². The predicted molar refractivity (Wildman–Crippen MR) is 71.9 cm³/mol. The quantitative estimate of drug-likeness (QED) is 0.820. The van der Waals surface area contributed by atoms with Gasteiger partial charge in [-0.25, -0.2) is 0 Å². The zero-order chi connectivity index (χ0) is 13.3. The van der Waals surface area contributed by atoms with E-state index in [1.54, 1.807) is 25.1 Å². The van der Waals surface area contributed by atoms with Crippen LogP contribution in [0, 0.1) is 0 Å². The number of aliphatic hydroxyl groups excluding tert-OH is 1. The van der Waals surface area contributed by atoms with Gasteiger partial charge in [-0.05, 0) is 19.1 Å². The molecule has 1 heterocycles. The van der Waals surface area contributed by atoms with E-state index in [-0.39, 0.29) is 23.8 Å². The van der Waals surface area contributed by atoms with Crippen LogP contribution < -0.4 is 5.32 Å². The van der Waals surface area contributed by atoms with Gasteiger partial charge in [-0.3, -0.25) is 9.79 Å². The van der Waals surface area contributed by atoms with E-state index in [9.17, 15) is 9.90 Å². The molecular weight excluding hydrogens is 275 g/mol. The molecule has 0 saturated heterocycles. The molecule has 1 amide bonds. The second kappa shape index (κ2) is 5.00. The van der Waals surface area contributed by atoms with Crippen LogP contribution in [0.15, 0.2) is 34.5 Å². The highest BCUT2D eigenvalue weighted by atomic mass is 35.5. The van der Waals surface area contributed by atoms with E-state index < -0.39 is 0 Å². The highest BCUT2D eigenvalue weighted by Gasteiger charge is 2.24. The number of hydrogen-bond donors (Lipinski definition) is 2. The number of aliphatic hydroxyl groups is 1. The summed E-state index contributed by atoms with van der Waals surface area (Å²) < 4.78 is 0. The van der Waals surface area contributed by atoms with Crippen LogP contribution >= 0.6 is 23.2 Å². The fourth-order valence-electron chi connectivity index (χ4n) is 1.66. The van der Waals surface area contributed by atoms with Crippen LogP contribution in [0.5, 0.6) is 0 Å². The van der Waals surface area contributed by atoms with Crippen LogP contribution in [-0.4, -0.2) is 23.3 Å². The lowest BCUT2D eigenvalue weighted by Crippen LogP contribution is -2.19. The Kier molecular flexibility index (Phi) is 3.59. The Hall–Kier alpha value is -1.52. The highest BCUT2D eigenvalue weighted by Crippen LogP contribution is 2.32. The van der Waals surface area contributed by atoms with Crippen molar-refractivity contribution in [2.45, 2.75) is 6.92 Å². The molecule has 0 saturated carbocycles. The van der Waals surface area contributed by atoms with Crippen molar-refractivity contribution in [2.75, 3.05) is 6.54 Å². The number of nitrogens with one attached hydrogen (secondary N) is 1. The summed E-state index contributed by atoms with van der Waals surface area (Å²) in [6.07, 6.45) is 0. The Balaban J connectivity index is 2.43. The molecule has 94 valence electrons. The minimum absolute atomic E-state index is 0.0144. The van der Waals surface area contributed by atoms with Gasteiger partial charge >= 0.3 is 0 Å². The molecule has 1 aliphatic rings. The highest BCUT2D eigenvalue weighted by molar-refractivity contribution is 6.43. The zero-order valence-corrected chi connectivity index (χ0v) is 11.0. The van der Waals surface area contributed by atoms with Gasteiger partial charge in [0.1, 0.15) is 5.76 Å². The smallest absolute Gasteiger partial charge is 0.256 e. The lowest BCUT2D eigenvalue weighted by atomic mass is 10.1. The molecule has 2 N–H and O–H groups in total. The minimum atomic E-state index is -0.341. The number of nitrogens with zero attached hydrogens (tertiary/aromatic N) is 1. The number of aliphatic imine (C=N–C) groups is 1. The summed E-state index contributed by atoms with van der Waals surface area (Å²) >= 11 is 11.9. The Morgan fingerprint density at radius 1 is 1.44 bits per heavy atom. The summed E-state index contributed by atoms with van der Waals surface area (Å²) in [6.45, 7) is 1.76. The fraction of sp³-hybridized carbons (Fsp3) is 0.167. The summed E-state index contributed by atoms with van der Waals surface area (Å²) in [5.41, 5.74) is 1.04. The molecule has 1 aromatic rings. The maximum Gasteiger partial charge on any atom is 0.256 e. The Labute approximate surface area is 114 Å². The molecule has 6 heteroatoms. The molecule has 0 spiro atoms. The van der Waals surface area contributed by atoms with E-state index in [1.807, 2.05) is 0 Å². The summed E-state index contributed by atoms with van der Waals surface area (Å²) in [5, 5.41) is 12.8. The largest absolute Gasteiger partial charge is 0.510 e. The first kappa shape index (κ1) is 12.9. The summed E-state index contributed by atoms with van der Waals surface area (Å²) in [7, 11) is 0. The fourth-order valence-corrected chi connectivity index (χ4v) is 2.00. The van der Waals surface area contributed by atoms with Crippen LogP contribution in [0.3, 0.4) is 0 Å². The number of carbonyl (C=O) groups excluding carboxylic acids is 1. The normalized spacial score (nSPS) is 16.2. The third kappa shape index (κ3) is 2.35. The van der Waals surface area contributed by atoms with Gasteiger partial charge in [-0.1, -0.05) is 29.3 Å².